The lowest BCUT2D eigenvalue weighted by molar-refractivity contribution is -0.124. The molecule has 4 heteroatoms. The van der Waals surface area contributed by atoms with Crippen molar-refractivity contribution in [3.05, 3.63) is 35.4 Å². The van der Waals surface area contributed by atoms with E-state index >= 15 is 0 Å². The molecule has 1 rings (SSSR count). The highest BCUT2D eigenvalue weighted by Crippen LogP contribution is 2.23. The molecule has 0 unspecified atom stereocenters. The summed E-state index contributed by atoms with van der Waals surface area (Å²) in [6.45, 7) is 12.8. The van der Waals surface area contributed by atoms with E-state index in [1.807, 2.05) is 20.8 Å². The minimum atomic E-state index is -0.490. The molecular formula is C17H29ClN2O. The van der Waals surface area contributed by atoms with E-state index in [0.29, 0.717) is 6.54 Å². The number of rotatable bonds is 4. The van der Waals surface area contributed by atoms with Gasteiger partial charge in [-0.25, -0.2) is 0 Å². The van der Waals surface area contributed by atoms with Gasteiger partial charge in [-0.3, -0.25) is 4.79 Å². The fourth-order valence-corrected chi connectivity index (χ4v) is 1.98. The lowest BCUT2D eigenvalue weighted by Gasteiger charge is -2.30. The average Bonchev–Trinajstić information content (AvgIpc) is 2.34. The summed E-state index contributed by atoms with van der Waals surface area (Å²) < 4.78 is 0. The standard InChI is InChI=1S/C17H28N2O.ClH/c1-12-8-7-9-13(10-12)17(5,6)11-19-15(20)14(18)16(2,3)4;/h7-10,14H,11,18H2,1-6H3,(H,19,20);1H/t14-;/m1./s1. The predicted molar refractivity (Wildman–Crippen MR) is 91.9 cm³/mol. The Bertz CT molecular complexity index is 478. The van der Waals surface area contributed by atoms with Crippen LogP contribution in [0, 0.1) is 12.3 Å². The van der Waals surface area contributed by atoms with Gasteiger partial charge in [0.1, 0.15) is 0 Å². The smallest absolute Gasteiger partial charge is 0.237 e. The van der Waals surface area contributed by atoms with Crippen LogP contribution in [0.2, 0.25) is 0 Å². The van der Waals surface area contributed by atoms with Crippen LogP contribution in [-0.4, -0.2) is 18.5 Å². The van der Waals surface area contributed by atoms with E-state index in [-0.39, 0.29) is 29.1 Å². The number of hydrogen-bond acceptors (Lipinski definition) is 2. The van der Waals surface area contributed by atoms with Crippen LogP contribution < -0.4 is 11.1 Å². The van der Waals surface area contributed by atoms with Gasteiger partial charge >= 0.3 is 0 Å². The molecule has 0 aliphatic rings. The van der Waals surface area contributed by atoms with Crippen LogP contribution >= 0.6 is 12.4 Å². The molecule has 0 aliphatic carbocycles. The number of nitrogens with two attached hydrogens (primary N) is 1. The number of aryl methyl sites for hydroxylation is 1. The highest BCUT2D eigenvalue weighted by atomic mass is 35.5. The summed E-state index contributed by atoms with van der Waals surface area (Å²) in [5.74, 6) is -0.0850. The molecule has 1 atom stereocenters. The third-order valence-corrected chi connectivity index (χ3v) is 3.72. The maximum absolute atomic E-state index is 12.1. The van der Waals surface area contributed by atoms with Gasteiger partial charge in [0.05, 0.1) is 6.04 Å². The Labute approximate surface area is 135 Å². The van der Waals surface area contributed by atoms with Gasteiger partial charge in [-0.15, -0.1) is 12.4 Å². The molecule has 1 amide bonds. The van der Waals surface area contributed by atoms with Gasteiger partial charge in [-0.2, -0.15) is 0 Å². The number of carbonyl (C=O) groups excluding carboxylic acids is 1. The maximum Gasteiger partial charge on any atom is 0.237 e. The molecule has 3 nitrogen and oxygen atoms in total. The number of hydrogen-bond donors (Lipinski definition) is 2. The Kier molecular flexibility index (Phi) is 6.91. The molecule has 1 aromatic carbocycles. The van der Waals surface area contributed by atoms with Crippen molar-refractivity contribution in [1.82, 2.24) is 5.32 Å². The minimum Gasteiger partial charge on any atom is -0.354 e. The Balaban J connectivity index is 0.00000400. The summed E-state index contributed by atoms with van der Waals surface area (Å²) in [5, 5.41) is 2.98. The molecular weight excluding hydrogens is 284 g/mol. The molecule has 0 fully saturated rings. The van der Waals surface area contributed by atoms with Crippen molar-refractivity contribution in [2.45, 2.75) is 53.0 Å². The highest BCUT2D eigenvalue weighted by Gasteiger charge is 2.29. The van der Waals surface area contributed by atoms with Crippen LogP contribution in [0.15, 0.2) is 24.3 Å². The summed E-state index contributed by atoms with van der Waals surface area (Å²) in [4.78, 5) is 12.1. The van der Waals surface area contributed by atoms with Crippen LogP contribution in [-0.2, 0) is 10.2 Å². The Morgan fingerprint density at radius 2 is 1.81 bits per heavy atom. The minimum absolute atomic E-state index is 0. The number of benzene rings is 1. The monoisotopic (exact) mass is 312 g/mol. The molecule has 21 heavy (non-hydrogen) atoms. The molecule has 0 aliphatic heterocycles. The lowest BCUT2D eigenvalue weighted by atomic mass is 9.83. The molecule has 0 radical (unpaired) electrons. The summed E-state index contributed by atoms with van der Waals surface area (Å²) >= 11 is 0. The zero-order chi connectivity index (χ0) is 15.6. The van der Waals surface area contributed by atoms with Gasteiger partial charge in [0.25, 0.3) is 0 Å². The highest BCUT2D eigenvalue weighted by molar-refractivity contribution is 5.85. The fraction of sp³-hybridized carbons (Fsp3) is 0.588. The van der Waals surface area contributed by atoms with E-state index in [1.165, 1.54) is 11.1 Å². The Morgan fingerprint density at radius 3 is 2.29 bits per heavy atom. The fourth-order valence-electron chi connectivity index (χ4n) is 1.98. The normalized spacial score (nSPS) is 13.3. The molecule has 0 bridgehead atoms. The van der Waals surface area contributed by atoms with Gasteiger partial charge in [-0.1, -0.05) is 64.4 Å². The zero-order valence-corrected chi connectivity index (χ0v) is 14.8. The van der Waals surface area contributed by atoms with E-state index < -0.39 is 6.04 Å². The third-order valence-electron chi connectivity index (χ3n) is 3.72. The van der Waals surface area contributed by atoms with Crippen molar-refractivity contribution >= 4 is 18.3 Å². The quantitative estimate of drug-likeness (QED) is 0.897. The number of nitrogens with one attached hydrogen (secondary N) is 1. The zero-order valence-electron chi connectivity index (χ0n) is 14.0. The van der Waals surface area contributed by atoms with Crippen molar-refractivity contribution < 1.29 is 4.79 Å². The first-order chi connectivity index (χ1) is 9.04. The number of carbonyl (C=O) groups is 1. The van der Waals surface area contributed by atoms with Crippen molar-refractivity contribution in [3.8, 4) is 0 Å². The summed E-state index contributed by atoms with van der Waals surface area (Å²) in [7, 11) is 0. The predicted octanol–water partition coefficient (Wildman–Crippen LogP) is 3.18. The average molecular weight is 313 g/mol. The first kappa shape index (κ1) is 19.9. The summed E-state index contributed by atoms with van der Waals surface area (Å²) in [6, 6.07) is 7.90. The van der Waals surface area contributed by atoms with Crippen LogP contribution in [0.25, 0.3) is 0 Å². The summed E-state index contributed by atoms with van der Waals surface area (Å²) in [5.41, 5.74) is 8.09. The van der Waals surface area contributed by atoms with Crippen LogP contribution in [0.1, 0.15) is 45.7 Å². The van der Waals surface area contributed by atoms with Crippen molar-refractivity contribution in [3.63, 3.8) is 0 Å². The first-order valence-corrected chi connectivity index (χ1v) is 7.14. The van der Waals surface area contributed by atoms with Crippen molar-refractivity contribution in [2.24, 2.45) is 11.1 Å². The van der Waals surface area contributed by atoms with E-state index in [0.717, 1.165) is 0 Å². The van der Waals surface area contributed by atoms with Gasteiger partial charge in [-0.05, 0) is 17.9 Å². The molecule has 1 aromatic rings. The number of amides is 1. The van der Waals surface area contributed by atoms with Crippen molar-refractivity contribution in [1.29, 1.82) is 0 Å². The molecule has 0 aromatic heterocycles. The van der Waals surface area contributed by atoms with Crippen LogP contribution in [0.3, 0.4) is 0 Å². The summed E-state index contributed by atoms with van der Waals surface area (Å²) in [6.07, 6.45) is 0. The Morgan fingerprint density at radius 1 is 1.24 bits per heavy atom. The Hall–Kier alpha value is -1.06. The SMILES string of the molecule is Cc1cccc(C(C)(C)CNC(=O)[C@@H](N)C(C)(C)C)c1.Cl. The maximum atomic E-state index is 12.1. The lowest BCUT2D eigenvalue weighted by Crippen LogP contribution is -2.50. The first-order valence-electron chi connectivity index (χ1n) is 7.14. The van der Waals surface area contributed by atoms with Gasteiger partial charge in [0, 0.05) is 12.0 Å². The van der Waals surface area contributed by atoms with E-state index in [2.05, 4.69) is 50.4 Å². The van der Waals surface area contributed by atoms with Gasteiger partial charge in [0.15, 0.2) is 0 Å². The second-order valence-corrected chi connectivity index (χ2v) is 7.31. The second kappa shape index (κ2) is 7.28. The molecule has 0 spiro atoms. The number of halogens is 1. The van der Waals surface area contributed by atoms with E-state index in [4.69, 9.17) is 5.73 Å². The van der Waals surface area contributed by atoms with Gasteiger partial charge < -0.3 is 11.1 Å². The van der Waals surface area contributed by atoms with Gasteiger partial charge in [0.2, 0.25) is 5.91 Å². The largest absolute Gasteiger partial charge is 0.354 e. The van der Waals surface area contributed by atoms with Crippen molar-refractivity contribution in [2.75, 3.05) is 6.54 Å². The third kappa shape index (κ3) is 5.68. The molecule has 0 saturated heterocycles. The molecule has 0 heterocycles. The van der Waals surface area contributed by atoms with Crippen LogP contribution in [0.4, 0.5) is 0 Å². The molecule has 0 saturated carbocycles. The van der Waals surface area contributed by atoms with Crippen LogP contribution in [0.5, 0.6) is 0 Å². The topological polar surface area (TPSA) is 55.1 Å². The molecule has 120 valence electrons. The van der Waals surface area contributed by atoms with E-state index in [9.17, 15) is 4.79 Å². The van der Waals surface area contributed by atoms with E-state index in [1.54, 1.807) is 0 Å². The molecule has 3 N–H and O–H groups in total. The second-order valence-electron chi connectivity index (χ2n) is 7.31.